The third-order valence-corrected chi connectivity index (χ3v) is 4.25. The van der Waals surface area contributed by atoms with Crippen LogP contribution >= 0.6 is 0 Å². The summed E-state index contributed by atoms with van der Waals surface area (Å²) in [6.45, 7) is 4.94. The molecule has 0 bridgehead atoms. The summed E-state index contributed by atoms with van der Waals surface area (Å²) in [6, 6.07) is 13.3. The maximum absolute atomic E-state index is 12.4. The molecule has 0 radical (unpaired) electrons. The molecule has 0 spiro atoms. The summed E-state index contributed by atoms with van der Waals surface area (Å²) in [5.41, 5.74) is 2.31. The van der Waals surface area contributed by atoms with E-state index in [0.717, 1.165) is 16.9 Å². The first-order valence-corrected chi connectivity index (χ1v) is 9.24. The highest BCUT2D eigenvalue weighted by Gasteiger charge is 2.23. The van der Waals surface area contributed by atoms with E-state index in [2.05, 4.69) is 5.32 Å². The van der Waals surface area contributed by atoms with Crippen LogP contribution in [-0.2, 0) is 14.3 Å². The monoisotopic (exact) mass is 395 g/mol. The van der Waals surface area contributed by atoms with Crippen LogP contribution in [0.4, 0.5) is 0 Å². The molecule has 2 aromatic rings. The molecule has 2 atom stereocenters. The van der Waals surface area contributed by atoms with Crippen molar-refractivity contribution in [3.8, 4) is 5.75 Å². The van der Waals surface area contributed by atoms with Gasteiger partial charge in [0, 0.05) is 11.6 Å². The summed E-state index contributed by atoms with van der Waals surface area (Å²) in [5, 5.41) is 2.53. The minimum atomic E-state index is -0.945. The van der Waals surface area contributed by atoms with Crippen LogP contribution in [0.5, 0.6) is 5.75 Å². The minimum Gasteiger partial charge on any atom is -0.497 e. The minimum absolute atomic E-state index is 0.295. The van der Waals surface area contributed by atoms with Crippen LogP contribution < -0.4 is 10.1 Å². The van der Waals surface area contributed by atoms with Gasteiger partial charge in [-0.3, -0.25) is 9.59 Å². The largest absolute Gasteiger partial charge is 0.497 e. The molecule has 152 valence electrons. The van der Waals surface area contributed by atoms with E-state index in [1.165, 1.54) is 19.9 Å². The summed E-state index contributed by atoms with van der Waals surface area (Å²) in [7, 11) is 1.58. The number of hydrogen-bond donors (Lipinski definition) is 1. The zero-order valence-corrected chi connectivity index (χ0v) is 17.0. The number of carbonyl (C=O) groups excluding carboxylic acids is 3. The van der Waals surface area contributed by atoms with Gasteiger partial charge in [0.05, 0.1) is 7.11 Å². The van der Waals surface area contributed by atoms with Gasteiger partial charge in [-0.1, -0.05) is 42.0 Å². The van der Waals surface area contributed by atoms with Crippen molar-refractivity contribution in [3.63, 3.8) is 0 Å². The molecule has 0 aliphatic rings. The first-order chi connectivity index (χ1) is 13.8. The average Bonchev–Trinajstić information content (AvgIpc) is 2.72. The molecule has 6 heteroatoms. The normalized spacial score (nSPS) is 12.8. The van der Waals surface area contributed by atoms with E-state index in [9.17, 15) is 14.4 Å². The van der Waals surface area contributed by atoms with E-state index < -0.39 is 24.0 Å². The van der Waals surface area contributed by atoms with Gasteiger partial charge in [-0.15, -0.1) is 0 Å². The summed E-state index contributed by atoms with van der Waals surface area (Å²) >= 11 is 0. The van der Waals surface area contributed by atoms with Crippen LogP contribution in [0.1, 0.15) is 35.3 Å². The van der Waals surface area contributed by atoms with E-state index in [1.807, 2.05) is 19.1 Å². The fourth-order valence-corrected chi connectivity index (χ4v) is 2.49. The Hall–Kier alpha value is -3.41. The summed E-state index contributed by atoms with van der Waals surface area (Å²) in [5.74, 6) is -0.694. The molecule has 2 rings (SSSR count). The fraction of sp³-hybridized carbons (Fsp3) is 0.261. The van der Waals surface area contributed by atoms with Crippen molar-refractivity contribution in [1.82, 2.24) is 5.32 Å². The number of amides is 1. The van der Waals surface area contributed by atoms with Crippen LogP contribution in [-0.4, -0.2) is 36.9 Å². The van der Waals surface area contributed by atoms with E-state index in [4.69, 9.17) is 9.47 Å². The molecule has 1 unspecified atom stereocenters. The van der Waals surface area contributed by atoms with E-state index in [0.29, 0.717) is 5.56 Å². The molecule has 0 saturated carbocycles. The van der Waals surface area contributed by atoms with Gasteiger partial charge in [-0.05, 0) is 44.5 Å². The lowest BCUT2D eigenvalue weighted by Crippen LogP contribution is -2.41. The Morgan fingerprint density at radius 1 is 0.966 bits per heavy atom. The van der Waals surface area contributed by atoms with Crippen molar-refractivity contribution < 1.29 is 23.9 Å². The highest BCUT2D eigenvalue weighted by atomic mass is 16.5. The first-order valence-electron chi connectivity index (χ1n) is 9.24. The van der Waals surface area contributed by atoms with E-state index in [1.54, 1.807) is 49.6 Å². The summed E-state index contributed by atoms with van der Waals surface area (Å²) in [4.78, 5) is 36.6. The quantitative estimate of drug-likeness (QED) is 0.421. The third kappa shape index (κ3) is 6.60. The van der Waals surface area contributed by atoms with Gasteiger partial charge in [-0.2, -0.15) is 0 Å². The predicted octanol–water partition coefficient (Wildman–Crippen LogP) is 3.34. The van der Waals surface area contributed by atoms with Gasteiger partial charge in [0.15, 0.2) is 6.10 Å². The number of methoxy groups -OCH3 is 1. The van der Waals surface area contributed by atoms with Crippen molar-refractivity contribution in [2.24, 2.45) is 0 Å². The third-order valence-electron chi connectivity index (χ3n) is 4.25. The van der Waals surface area contributed by atoms with Crippen molar-refractivity contribution in [2.45, 2.75) is 32.9 Å². The lowest BCUT2D eigenvalue weighted by molar-refractivity contribution is -0.149. The Morgan fingerprint density at radius 2 is 1.59 bits per heavy atom. The predicted molar refractivity (Wildman–Crippen MR) is 111 cm³/mol. The van der Waals surface area contributed by atoms with Gasteiger partial charge in [0.2, 0.25) is 11.7 Å². The Balaban J connectivity index is 1.86. The summed E-state index contributed by atoms with van der Waals surface area (Å²) in [6.07, 6.45) is 2.00. The van der Waals surface area contributed by atoms with Crippen molar-refractivity contribution >= 4 is 23.7 Å². The second-order valence-corrected chi connectivity index (χ2v) is 6.65. The second-order valence-electron chi connectivity index (χ2n) is 6.65. The second kappa shape index (κ2) is 10.2. The number of aryl methyl sites for hydroxylation is 1. The van der Waals surface area contributed by atoms with Crippen molar-refractivity contribution in [3.05, 3.63) is 71.3 Å². The molecule has 29 heavy (non-hydrogen) atoms. The molecular weight excluding hydrogens is 370 g/mol. The van der Waals surface area contributed by atoms with Crippen molar-refractivity contribution in [2.75, 3.05) is 7.11 Å². The van der Waals surface area contributed by atoms with Gasteiger partial charge in [0.25, 0.3) is 0 Å². The number of nitrogens with one attached hydrogen (secondary N) is 1. The van der Waals surface area contributed by atoms with Crippen LogP contribution in [0.3, 0.4) is 0 Å². The fourth-order valence-electron chi connectivity index (χ4n) is 2.49. The van der Waals surface area contributed by atoms with Crippen LogP contribution in [0.2, 0.25) is 0 Å². The molecular formula is C23H25NO5. The van der Waals surface area contributed by atoms with Gasteiger partial charge < -0.3 is 14.8 Å². The molecule has 2 aromatic carbocycles. The molecule has 0 saturated heterocycles. The number of ketones is 1. The standard InChI is InChI=1S/C23H25NO5/c1-15-5-10-19(11-6-15)22(26)17(3)29-23(27)16(2)24-21(25)14-9-18-7-12-20(28-4)13-8-18/h5-14,16-17H,1-4H3,(H,24,25)/b14-9+/t16-,17?/m0/s1. The number of Topliss-reactive ketones (excluding diaryl/α,β-unsaturated/α-hetero) is 1. The topological polar surface area (TPSA) is 81.7 Å². The smallest absolute Gasteiger partial charge is 0.329 e. The lowest BCUT2D eigenvalue weighted by Gasteiger charge is -2.16. The Morgan fingerprint density at radius 3 is 2.17 bits per heavy atom. The molecule has 1 N–H and O–H groups in total. The highest BCUT2D eigenvalue weighted by Crippen LogP contribution is 2.12. The maximum Gasteiger partial charge on any atom is 0.329 e. The number of esters is 1. The molecule has 0 aliphatic carbocycles. The van der Waals surface area contributed by atoms with Gasteiger partial charge in [0.1, 0.15) is 11.8 Å². The first kappa shape index (κ1) is 21.9. The number of carbonyl (C=O) groups is 3. The molecule has 6 nitrogen and oxygen atoms in total. The molecule has 0 heterocycles. The molecule has 0 aliphatic heterocycles. The van der Waals surface area contributed by atoms with Crippen LogP contribution in [0.15, 0.2) is 54.6 Å². The molecule has 0 fully saturated rings. The zero-order chi connectivity index (χ0) is 21.4. The number of ether oxygens (including phenoxy) is 2. The summed E-state index contributed by atoms with van der Waals surface area (Å²) < 4.78 is 10.3. The number of rotatable bonds is 8. The Kier molecular flexibility index (Phi) is 7.71. The van der Waals surface area contributed by atoms with E-state index in [-0.39, 0.29) is 5.78 Å². The maximum atomic E-state index is 12.4. The SMILES string of the molecule is COc1ccc(/C=C/C(=O)N[C@@H](C)C(=O)OC(C)C(=O)c2ccc(C)cc2)cc1. The average molecular weight is 395 g/mol. The zero-order valence-electron chi connectivity index (χ0n) is 17.0. The van der Waals surface area contributed by atoms with E-state index >= 15 is 0 Å². The van der Waals surface area contributed by atoms with Crippen LogP contribution in [0.25, 0.3) is 6.08 Å². The van der Waals surface area contributed by atoms with Crippen molar-refractivity contribution in [1.29, 1.82) is 0 Å². The lowest BCUT2D eigenvalue weighted by atomic mass is 10.1. The molecule has 0 aromatic heterocycles. The Bertz CT molecular complexity index is 884. The van der Waals surface area contributed by atoms with Crippen LogP contribution in [0, 0.1) is 6.92 Å². The number of hydrogen-bond acceptors (Lipinski definition) is 5. The van der Waals surface area contributed by atoms with Gasteiger partial charge in [-0.25, -0.2) is 4.79 Å². The van der Waals surface area contributed by atoms with Gasteiger partial charge >= 0.3 is 5.97 Å². The highest BCUT2D eigenvalue weighted by molar-refractivity contribution is 6.00. The number of benzene rings is 2. The Labute approximate surface area is 170 Å². The molecule has 1 amide bonds.